The van der Waals surface area contributed by atoms with Gasteiger partial charge in [0.1, 0.15) is 0 Å². The number of nitrogens with one attached hydrogen (secondary N) is 1. The lowest BCUT2D eigenvalue weighted by molar-refractivity contribution is -0.123. The summed E-state index contributed by atoms with van der Waals surface area (Å²) < 4.78 is 10.5. The Morgan fingerprint density at radius 2 is 1.83 bits per heavy atom. The number of aromatic carboxylic acids is 1. The number of hydrogen-bond donors (Lipinski definition) is 2. The first-order valence-corrected chi connectivity index (χ1v) is 6.95. The Bertz CT molecular complexity index is 685. The third kappa shape index (κ3) is 4.74. The van der Waals surface area contributed by atoms with Crippen LogP contribution in [0.3, 0.4) is 0 Å². The average Bonchev–Trinajstić information content (AvgIpc) is 2.58. The van der Waals surface area contributed by atoms with Gasteiger partial charge in [0.25, 0.3) is 5.91 Å². The molecular weight excluding hydrogens is 298 g/mol. The van der Waals surface area contributed by atoms with Crippen molar-refractivity contribution in [1.29, 1.82) is 0 Å². The van der Waals surface area contributed by atoms with Crippen LogP contribution >= 0.6 is 0 Å². The van der Waals surface area contributed by atoms with Crippen LogP contribution in [0.15, 0.2) is 48.5 Å². The number of carbonyl (C=O) groups is 2. The normalized spacial score (nSPS) is 9.96. The lowest BCUT2D eigenvalue weighted by Crippen LogP contribution is -2.28. The summed E-state index contributed by atoms with van der Waals surface area (Å²) in [7, 11) is 1.41. The minimum Gasteiger partial charge on any atom is -0.493 e. The zero-order chi connectivity index (χ0) is 16.7. The summed E-state index contributed by atoms with van der Waals surface area (Å²) in [6.45, 7) is 0.230. The summed E-state index contributed by atoms with van der Waals surface area (Å²) in [4.78, 5) is 22.7. The Labute approximate surface area is 133 Å². The maximum atomic E-state index is 11.8. The molecule has 23 heavy (non-hydrogen) atoms. The Morgan fingerprint density at radius 1 is 1.09 bits per heavy atom. The molecule has 0 aromatic heterocycles. The first kappa shape index (κ1) is 16.4. The zero-order valence-electron chi connectivity index (χ0n) is 12.6. The Morgan fingerprint density at radius 3 is 2.48 bits per heavy atom. The molecule has 6 nitrogen and oxygen atoms in total. The molecule has 0 radical (unpaired) electrons. The predicted octanol–water partition coefficient (Wildman–Crippen LogP) is 2.09. The second-order valence-electron chi connectivity index (χ2n) is 4.72. The molecular formula is C17H17NO5. The highest BCUT2D eigenvalue weighted by Gasteiger charge is 2.11. The van der Waals surface area contributed by atoms with Crippen LogP contribution in [0.2, 0.25) is 0 Å². The van der Waals surface area contributed by atoms with Gasteiger partial charge in [-0.25, -0.2) is 4.79 Å². The van der Waals surface area contributed by atoms with Crippen molar-refractivity contribution in [3.63, 3.8) is 0 Å². The molecule has 0 saturated heterocycles. The van der Waals surface area contributed by atoms with E-state index in [-0.39, 0.29) is 23.8 Å². The van der Waals surface area contributed by atoms with Gasteiger partial charge in [0.2, 0.25) is 0 Å². The van der Waals surface area contributed by atoms with E-state index in [0.29, 0.717) is 12.3 Å². The van der Waals surface area contributed by atoms with Crippen molar-refractivity contribution < 1.29 is 24.2 Å². The molecule has 0 heterocycles. The molecule has 2 N–H and O–H groups in total. The molecule has 6 heteroatoms. The molecule has 0 atom stereocenters. The van der Waals surface area contributed by atoms with Crippen molar-refractivity contribution in [3.8, 4) is 11.5 Å². The first-order valence-electron chi connectivity index (χ1n) is 6.95. The van der Waals surface area contributed by atoms with Gasteiger partial charge in [-0.2, -0.15) is 0 Å². The molecule has 1 amide bonds. The van der Waals surface area contributed by atoms with E-state index < -0.39 is 5.97 Å². The van der Waals surface area contributed by atoms with Crippen molar-refractivity contribution in [2.75, 3.05) is 13.7 Å². The molecule has 0 spiro atoms. The Hall–Kier alpha value is -3.02. The second kappa shape index (κ2) is 7.84. The molecule has 120 valence electrons. The lowest BCUT2D eigenvalue weighted by Gasteiger charge is -2.11. The van der Waals surface area contributed by atoms with Gasteiger partial charge in [-0.3, -0.25) is 4.79 Å². The topological polar surface area (TPSA) is 84.9 Å². The number of rotatable bonds is 7. The lowest BCUT2D eigenvalue weighted by atomic mass is 10.2. The van der Waals surface area contributed by atoms with Crippen LogP contribution in [0.25, 0.3) is 0 Å². The number of carboxylic acids is 1. The highest BCUT2D eigenvalue weighted by molar-refractivity contribution is 5.88. The third-order valence-corrected chi connectivity index (χ3v) is 3.10. The second-order valence-corrected chi connectivity index (χ2v) is 4.72. The molecule has 2 aromatic rings. The molecule has 0 saturated carbocycles. The highest BCUT2D eigenvalue weighted by Crippen LogP contribution is 2.27. The van der Waals surface area contributed by atoms with Crippen LogP contribution in [0.1, 0.15) is 15.9 Å². The van der Waals surface area contributed by atoms with Gasteiger partial charge < -0.3 is 19.9 Å². The predicted molar refractivity (Wildman–Crippen MR) is 83.7 cm³/mol. The number of hydrogen-bond acceptors (Lipinski definition) is 4. The SMILES string of the molecule is COc1cc(C(=O)O)ccc1OCC(=O)NCc1ccccc1. The molecule has 2 aromatic carbocycles. The Balaban J connectivity index is 1.90. The highest BCUT2D eigenvalue weighted by atomic mass is 16.5. The molecule has 2 rings (SSSR count). The summed E-state index contributed by atoms with van der Waals surface area (Å²) in [6.07, 6.45) is 0. The number of amides is 1. The number of ether oxygens (including phenoxy) is 2. The van der Waals surface area contributed by atoms with Gasteiger partial charge in [0.15, 0.2) is 18.1 Å². The van der Waals surface area contributed by atoms with Gasteiger partial charge in [0, 0.05) is 6.54 Å². The van der Waals surface area contributed by atoms with Gasteiger partial charge in [-0.1, -0.05) is 30.3 Å². The average molecular weight is 315 g/mol. The van der Waals surface area contributed by atoms with Crippen LogP contribution in [-0.2, 0) is 11.3 Å². The van der Waals surface area contributed by atoms with E-state index in [1.807, 2.05) is 30.3 Å². The van der Waals surface area contributed by atoms with Crippen LogP contribution < -0.4 is 14.8 Å². The third-order valence-electron chi connectivity index (χ3n) is 3.10. The van der Waals surface area contributed by atoms with Crippen LogP contribution in [-0.4, -0.2) is 30.7 Å². The van der Waals surface area contributed by atoms with E-state index in [2.05, 4.69) is 5.32 Å². The molecule has 0 fully saturated rings. The number of methoxy groups -OCH3 is 1. The zero-order valence-corrected chi connectivity index (χ0v) is 12.6. The van der Waals surface area contributed by atoms with Gasteiger partial charge in [-0.15, -0.1) is 0 Å². The molecule has 0 unspecified atom stereocenters. The molecule has 0 aliphatic carbocycles. The van der Waals surface area contributed by atoms with E-state index in [4.69, 9.17) is 14.6 Å². The van der Waals surface area contributed by atoms with Gasteiger partial charge >= 0.3 is 5.97 Å². The molecule has 0 aliphatic rings. The summed E-state index contributed by atoms with van der Waals surface area (Å²) in [6, 6.07) is 13.7. The Kier molecular flexibility index (Phi) is 5.57. The first-order chi connectivity index (χ1) is 11.1. The summed E-state index contributed by atoms with van der Waals surface area (Å²) >= 11 is 0. The van der Waals surface area contributed by atoms with E-state index in [1.54, 1.807) is 0 Å². The van der Waals surface area contributed by atoms with E-state index in [9.17, 15) is 9.59 Å². The van der Waals surface area contributed by atoms with Crippen LogP contribution in [0.5, 0.6) is 11.5 Å². The molecule has 0 aliphatic heterocycles. The largest absolute Gasteiger partial charge is 0.493 e. The van der Waals surface area contributed by atoms with Crippen molar-refractivity contribution in [2.24, 2.45) is 0 Å². The van der Waals surface area contributed by atoms with E-state index in [1.165, 1.54) is 25.3 Å². The number of carboxylic acid groups (broad SMARTS) is 1. The maximum Gasteiger partial charge on any atom is 0.335 e. The van der Waals surface area contributed by atoms with Gasteiger partial charge in [0.05, 0.1) is 12.7 Å². The molecule has 0 bridgehead atoms. The summed E-state index contributed by atoms with van der Waals surface area (Å²) in [5, 5.41) is 11.7. The fourth-order valence-corrected chi connectivity index (χ4v) is 1.91. The van der Waals surface area contributed by atoms with Crippen molar-refractivity contribution in [3.05, 3.63) is 59.7 Å². The van der Waals surface area contributed by atoms with E-state index >= 15 is 0 Å². The maximum absolute atomic E-state index is 11.8. The van der Waals surface area contributed by atoms with Gasteiger partial charge in [-0.05, 0) is 23.8 Å². The quantitative estimate of drug-likeness (QED) is 0.817. The van der Waals surface area contributed by atoms with E-state index in [0.717, 1.165) is 5.56 Å². The number of benzene rings is 2. The minimum atomic E-state index is -1.06. The summed E-state index contributed by atoms with van der Waals surface area (Å²) in [5.41, 5.74) is 1.08. The van der Waals surface area contributed by atoms with Crippen LogP contribution in [0, 0.1) is 0 Å². The smallest absolute Gasteiger partial charge is 0.335 e. The monoisotopic (exact) mass is 315 g/mol. The van der Waals surface area contributed by atoms with Crippen molar-refractivity contribution in [1.82, 2.24) is 5.32 Å². The van der Waals surface area contributed by atoms with Crippen molar-refractivity contribution in [2.45, 2.75) is 6.54 Å². The fourth-order valence-electron chi connectivity index (χ4n) is 1.91. The fraction of sp³-hybridized carbons (Fsp3) is 0.176. The minimum absolute atomic E-state index is 0.0859. The standard InChI is InChI=1S/C17H17NO5/c1-22-15-9-13(17(20)21)7-8-14(15)23-11-16(19)18-10-12-5-3-2-4-6-12/h2-9H,10-11H2,1H3,(H,18,19)(H,20,21). The van der Waals surface area contributed by atoms with Crippen LogP contribution in [0.4, 0.5) is 0 Å². The number of carbonyl (C=O) groups excluding carboxylic acids is 1. The van der Waals surface area contributed by atoms with Crippen molar-refractivity contribution >= 4 is 11.9 Å². The summed E-state index contributed by atoms with van der Waals surface area (Å²) in [5.74, 6) is -0.762.